The van der Waals surface area contributed by atoms with Gasteiger partial charge in [-0.25, -0.2) is 4.79 Å². The first-order chi connectivity index (χ1) is 24.0. The molecule has 12 heteroatoms. The van der Waals surface area contributed by atoms with E-state index in [-0.39, 0.29) is 37.3 Å². The lowest BCUT2D eigenvalue weighted by Gasteiger charge is -2.30. The molecule has 2 unspecified atom stereocenters. The van der Waals surface area contributed by atoms with Crippen LogP contribution in [0.4, 0.5) is 0 Å². The number of hydrogen-bond acceptors (Lipinski definition) is 8. The van der Waals surface area contributed by atoms with E-state index in [2.05, 4.69) is 48.4 Å². The summed E-state index contributed by atoms with van der Waals surface area (Å²) < 4.78 is 16.0. The molecule has 0 aliphatic heterocycles. The molecule has 0 heterocycles. The Morgan fingerprint density at radius 2 is 1.71 bits per heavy atom. The number of amides is 2. The average molecular weight is 730 g/mol. The zero-order chi connectivity index (χ0) is 38.6. The number of aryl methyl sites for hydroxylation is 1. The van der Waals surface area contributed by atoms with Gasteiger partial charge in [0.1, 0.15) is 11.8 Å². The van der Waals surface area contributed by atoms with Crippen LogP contribution in [0.5, 0.6) is 5.75 Å². The lowest BCUT2D eigenvalue weighted by molar-refractivity contribution is -0.150. The molecule has 0 saturated carbocycles. The molecule has 0 radical (unpaired) electrons. The van der Waals surface area contributed by atoms with Gasteiger partial charge in [-0.3, -0.25) is 14.4 Å². The molecule has 0 aliphatic rings. The van der Waals surface area contributed by atoms with Gasteiger partial charge in [-0.2, -0.15) is 0 Å². The van der Waals surface area contributed by atoms with E-state index < -0.39 is 41.3 Å². The molecular weight excluding hydrogens is 674 g/mol. The lowest BCUT2D eigenvalue weighted by atomic mass is 9.90. The van der Waals surface area contributed by atoms with E-state index >= 15 is 0 Å². The molecule has 2 rings (SSSR count). The number of carbonyl (C=O) groups is 4. The number of nitrogens with one attached hydrogen (secondary N) is 2. The zero-order valence-corrected chi connectivity index (χ0v) is 31.8. The van der Waals surface area contributed by atoms with Crippen molar-refractivity contribution in [2.45, 2.75) is 91.9 Å². The summed E-state index contributed by atoms with van der Waals surface area (Å²) in [6.07, 6.45) is 4.06. The fraction of sp³-hybridized carbons (Fsp3) is 0.487. The third-order valence-electron chi connectivity index (χ3n) is 7.75. The first-order valence-corrected chi connectivity index (χ1v) is 17.5. The minimum Gasteiger partial charge on any atom is -0.495 e. The van der Waals surface area contributed by atoms with Crippen molar-refractivity contribution >= 4 is 35.4 Å². The second-order valence-corrected chi connectivity index (χ2v) is 13.6. The molecule has 3 atom stereocenters. The van der Waals surface area contributed by atoms with Crippen LogP contribution in [0.2, 0.25) is 5.02 Å². The number of halogens is 1. The highest BCUT2D eigenvalue weighted by Crippen LogP contribution is 2.28. The molecule has 0 fully saturated rings. The van der Waals surface area contributed by atoms with E-state index in [1.807, 2.05) is 19.9 Å². The molecule has 2 aromatic rings. The zero-order valence-electron chi connectivity index (χ0n) is 31.0. The van der Waals surface area contributed by atoms with E-state index in [1.54, 1.807) is 45.0 Å². The first-order valence-electron chi connectivity index (χ1n) is 17.1. The molecule has 0 saturated heterocycles. The van der Waals surface area contributed by atoms with E-state index in [4.69, 9.17) is 31.5 Å². The summed E-state index contributed by atoms with van der Waals surface area (Å²) in [6.45, 7) is 15.0. The van der Waals surface area contributed by atoms with Crippen molar-refractivity contribution < 1.29 is 38.5 Å². The van der Waals surface area contributed by atoms with Gasteiger partial charge in [0.2, 0.25) is 11.8 Å². The van der Waals surface area contributed by atoms with Gasteiger partial charge >= 0.3 is 11.9 Å². The minimum atomic E-state index is -1.09. The fourth-order valence-electron chi connectivity index (χ4n) is 4.56. The largest absolute Gasteiger partial charge is 0.495 e. The summed E-state index contributed by atoms with van der Waals surface area (Å²) in [5.41, 5.74) is 6.53. The number of esters is 1. The van der Waals surface area contributed by atoms with Gasteiger partial charge in [0, 0.05) is 18.4 Å². The predicted molar refractivity (Wildman–Crippen MR) is 200 cm³/mol. The van der Waals surface area contributed by atoms with E-state index in [0.29, 0.717) is 35.6 Å². The quantitative estimate of drug-likeness (QED) is 0.0724. The summed E-state index contributed by atoms with van der Waals surface area (Å²) in [5.74, 6) is -1.75. The molecule has 0 bridgehead atoms. The van der Waals surface area contributed by atoms with Crippen LogP contribution in [0.15, 0.2) is 73.0 Å². The number of carboxylic acids is 1. The molecule has 0 spiro atoms. The molecule has 2 aromatic carbocycles. The van der Waals surface area contributed by atoms with Crippen LogP contribution >= 0.6 is 11.6 Å². The predicted octanol–water partition coefficient (Wildman–Crippen LogP) is 6.02. The topological polar surface area (TPSA) is 166 Å². The molecular formula is C39H56ClN3O8. The number of rotatable bonds is 20. The van der Waals surface area contributed by atoms with Gasteiger partial charge in [-0.15, -0.1) is 0 Å². The Morgan fingerprint density at radius 1 is 1.04 bits per heavy atom. The second kappa shape index (κ2) is 23.2. The number of methoxy groups -OCH3 is 1. The Labute approximate surface area is 307 Å². The maximum absolute atomic E-state index is 13.4. The second-order valence-electron chi connectivity index (χ2n) is 13.2. The van der Waals surface area contributed by atoms with Gasteiger partial charge in [-0.1, -0.05) is 95.3 Å². The molecule has 5 N–H and O–H groups in total. The highest BCUT2D eigenvalue weighted by molar-refractivity contribution is 6.32. The number of carboxylic acid groups (broad SMARTS) is 1. The van der Waals surface area contributed by atoms with Gasteiger partial charge in [-0.05, 0) is 67.9 Å². The standard InChI is InChI=1S/C31H46ClN3O8.C8H10/c1-19(2)14-26(30(39)40)43-21(4)31(5,6)18-34-29(38)24(16-22-12-13-25(41-7)23(32)15-22)35-27(36)11-9-8-10-20(3)42-28(37)17-33;1-2-8-6-4-3-5-7-8/h9,11-13,15,19-20,24,26H,4,8,10,14,16-18,33H2,1-3,5-7H3,(H,34,38)(H,35,36)(H,39,40);3-7H,2H2,1H3/b11-9+;/t20?,24-,26?;/m1./s1. The number of nitrogens with two attached hydrogens (primary N) is 1. The van der Waals surface area contributed by atoms with Crippen LogP contribution in [0.3, 0.4) is 0 Å². The summed E-state index contributed by atoms with van der Waals surface area (Å²) in [5, 5.41) is 15.5. The van der Waals surface area contributed by atoms with Gasteiger partial charge in [0.15, 0.2) is 6.10 Å². The van der Waals surface area contributed by atoms with E-state index in [9.17, 15) is 24.3 Å². The van der Waals surface area contributed by atoms with Crippen molar-refractivity contribution in [1.82, 2.24) is 10.6 Å². The van der Waals surface area contributed by atoms with Crippen LogP contribution in [-0.2, 0) is 41.5 Å². The maximum Gasteiger partial charge on any atom is 0.344 e. The lowest BCUT2D eigenvalue weighted by Crippen LogP contribution is -2.49. The molecule has 0 aliphatic carbocycles. The summed E-state index contributed by atoms with van der Waals surface area (Å²) in [7, 11) is 1.49. The average Bonchev–Trinajstić information content (AvgIpc) is 3.08. The van der Waals surface area contributed by atoms with Crippen molar-refractivity contribution in [2.24, 2.45) is 17.1 Å². The first kappa shape index (κ1) is 44.7. The third kappa shape index (κ3) is 17.9. The molecule has 2 amide bonds. The number of ether oxygens (including phenoxy) is 3. The Kier molecular flexibility index (Phi) is 20.3. The third-order valence-corrected chi connectivity index (χ3v) is 8.05. The smallest absolute Gasteiger partial charge is 0.344 e. The number of carbonyl (C=O) groups excluding carboxylic acids is 3. The van der Waals surface area contributed by atoms with Crippen molar-refractivity contribution in [3.63, 3.8) is 0 Å². The van der Waals surface area contributed by atoms with E-state index in [0.717, 1.165) is 6.42 Å². The van der Waals surface area contributed by atoms with Crippen LogP contribution < -0.4 is 21.1 Å². The highest BCUT2D eigenvalue weighted by atomic mass is 35.5. The normalized spacial score (nSPS) is 12.9. The van der Waals surface area contributed by atoms with E-state index in [1.165, 1.54) is 18.7 Å². The molecule has 11 nitrogen and oxygen atoms in total. The molecule has 0 aromatic heterocycles. The number of hydrogen-bond donors (Lipinski definition) is 4. The van der Waals surface area contributed by atoms with Gasteiger partial charge in [0.25, 0.3) is 0 Å². The van der Waals surface area contributed by atoms with Crippen molar-refractivity contribution in [3.8, 4) is 5.75 Å². The number of benzene rings is 2. The molecule has 282 valence electrons. The molecule has 51 heavy (non-hydrogen) atoms. The summed E-state index contributed by atoms with van der Waals surface area (Å²) in [4.78, 5) is 49.1. The van der Waals surface area contributed by atoms with Crippen molar-refractivity contribution in [3.05, 3.63) is 89.2 Å². The van der Waals surface area contributed by atoms with Gasteiger partial charge < -0.3 is 35.7 Å². The Morgan fingerprint density at radius 3 is 2.24 bits per heavy atom. The monoisotopic (exact) mass is 729 g/mol. The van der Waals surface area contributed by atoms with Gasteiger partial charge in [0.05, 0.1) is 30.5 Å². The fourth-order valence-corrected chi connectivity index (χ4v) is 4.84. The Balaban J connectivity index is 0.00000142. The van der Waals surface area contributed by atoms with Crippen LogP contribution in [0.25, 0.3) is 0 Å². The number of allylic oxidation sites excluding steroid dienone is 1. The highest BCUT2D eigenvalue weighted by Gasteiger charge is 2.31. The number of aliphatic carboxylic acids is 1. The van der Waals surface area contributed by atoms with Crippen LogP contribution in [0.1, 0.15) is 71.9 Å². The SMILES string of the molecule is C=C(OC(CC(C)C)C(=O)O)C(C)(C)CNC(=O)[C@@H](Cc1ccc(OC)c(Cl)c1)NC(=O)/C=C/CCC(C)OC(=O)CN.CCc1ccccc1. The maximum atomic E-state index is 13.4. The Hall–Kier alpha value is -4.35. The van der Waals surface area contributed by atoms with Crippen molar-refractivity contribution in [1.29, 1.82) is 0 Å². The Bertz CT molecular complexity index is 1450. The van der Waals surface area contributed by atoms with Crippen molar-refractivity contribution in [2.75, 3.05) is 20.2 Å². The summed E-state index contributed by atoms with van der Waals surface area (Å²) in [6, 6.07) is 14.6. The minimum absolute atomic E-state index is 0.0731. The van der Waals surface area contributed by atoms with Crippen LogP contribution in [0, 0.1) is 11.3 Å². The van der Waals surface area contributed by atoms with Crippen LogP contribution in [-0.4, -0.2) is 67.3 Å². The summed E-state index contributed by atoms with van der Waals surface area (Å²) >= 11 is 6.27.